The number of hydrogen-bond donors (Lipinski definition) is 2. The van der Waals surface area contributed by atoms with Gasteiger partial charge in [0.15, 0.2) is 0 Å². The summed E-state index contributed by atoms with van der Waals surface area (Å²) in [5, 5.41) is 15.9. The van der Waals surface area contributed by atoms with Crippen LogP contribution in [0.5, 0.6) is 0 Å². The number of esters is 1. The van der Waals surface area contributed by atoms with E-state index in [0.717, 1.165) is 0 Å². The first-order valence-corrected chi connectivity index (χ1v) is 5.46. The van der Waals surface area contributed by atoms with Crippen LogP contribution in [0.25, 0.3) is 10.8 Å². The van der Waals surface area contributed by atoms with Gasteiger partial charge in [0.25, 0.3) is 5.56 Å². The zero-order valence-corrected chi connectivity index (χ0v) is 9.77. The molecule has 0 spiro atoms. The van der Waals surface area contributed by atoms with E-state index in [1.54, 1.807) is 19.1 Å². The molecule has 0 saturated heterocycles. The topological polar surface area (TPSA) is 92.3 Å². The number of rotatable bonds is 3. The molecule has 1 aromatic carbocycles. The van der Waals surface area contributed by atoms with Crippen LogP contribution in [0.1, 0.15) is 23.0 Å². The number of aliphatic hydroxyl groups is 1. The Morgan fingerprint density at radius 3 is 2.89 bits per heavy atom. The zero-order valence-electron chi connectivity index (χ0n) is 9.77. The smallest absolute Gasteiger partial charge is 0.338 e. The Labute approximate surface area is 102 Å². The van der Waals surface area contributed by atoms with E-state index < -0.39 is 11.5 Å². The molecule has 0 atom stereocenters. The molecule has 1 heterocycles. The van der Waals surface area contributed by atoms with Crippen LogP contribution in [0.4, 0.5) is 0 Å². The predicted molar refractivity (Wildman–Crippen MR) is 64.2 cm³/mol. The second-order valence-corrected chi connectivity index (χ2v) is 3.64. The van der Waals surface area contributed by atoms with Crippen LogP contribution in [0.3, 0.4) is 0 Å². The van der Waals surface area contributed by atoms with Crippen LogP contribution in [-0.4, -0.2) is 27.9 Å². The van der Waals surface area contributed by atoms with E-state index in [0.29, 0.717) is 22.0 Å². The lowest BCUT2D eigenvalue weighted by molar-refractivity contribution is 0.0526. The number of carbonyl (C=O) groups excluding carboxylic acids is 1. The molecule has 0 aliphatic rings. The molecule has 0 amide bonds. The van der Waals surface area contributed by atoms with Gasteiger partial charge in [0, 0.05) is 5.39 Å². The lowest BCUT2D eigenvalue weighted by Crippen LogP contribution is -2.12. The molecule has 0 aliphatic carbocycles. The zero-order chi connectivity index (χ0) is 13.1. The standard InChI is InChI=1S/C12H12N2O4/c1-2-18-12(17)7-3-4-8-9(5-7)11(16)14-13-10(8)6-15/h3-5,15H,2,6H2,1H3,(H,14,16). The Bertz CT molecular complexity index is 648. The van der Waals surface area contributed by atoms with Gasteiger partial charge in [-0.05, 0) is 19.1 Å². The first-order valence-electron chi connectivity index (χ1n) is 5.46. The van der Waals surface area contributed by atoms with Gasteiger partial charge in [-0.15, -0.1) is 0 Å². The van der Waals surface area contributed by atoms with Crippen LogP contribution in [-0.2, 0) is 11.3 Å². The first-order chi connectivity index (χ1) is 8.67. The fraction of sp³-hybridized carbons (Fsp3) is 0.250. The quantitative estimate of drug-likeness (QED) is 0.775. The van der Waals surface area contributed by atoms with Crippen molar-refractivity contribution in [2.24, 2.45) is 0 Å². The van der Waals surface area contributed by atoms with Crippen molar-refractivity contribution in [1.29, 1.82) is 0 Å². The maximum Gasteiger partial charge on any atom is 0.338 e. The van der Waals surface area contributed by atoms with Crippen molar-refractivity contribution in [3.05, 3.63) is 39.8 Å². The Morgan fingerprint density at radius 1 is 1.44 bits per heavy atom. The maximum atomic E-state index is 11.6. The number of ether oxygens (including phenoxy) is 1. The van der Waals surface area contributed by atoms with E-state index in [-0.39, 0.29) is 13.2 Å². The highest BCUT2D eigenvalue weighted by molar-refractivity contribution is 5.95. The van der Waals surface area contributed by atoms with Crippen LogP contribution in [0.2, 0.25) is 0 Å². The van der Waals surface area contributed by atoms with Crippen molar-refractivity contribution in [2.45, 2.75) is 13.5 Å². The molecular weight excluding hydrogens is 236 g/mol. The number of aromatic amines is 1. The first kappa shape index (κ1) is 12.3. The van der Waals surface area contributed by atoms with Gasteiger partial charge < -0.3 is 9.84 Å². The monoisotopic (exact) mass is 248 g/mol. The molecule has 0 unspecified atom stereocenters. The highest BCUT2D eigenvalue weighted by Crippen LogP contribution is 2.15. The molecular formula is C12H12N2O4. The predicted octanol–water partition coefficient (Wildman–Crippen LogP) is 0.592. The summed E-state index contributed by atoms with van der Waals surface area (Å²) in [7, 11) is 0. The third-order valence-electron chi connectivity index (χ3n) is 2.53. The molecule has 18 heavy (non-hydrogen) atoms. The van der Waals surface area contributed by atoms with Crippen molar-refractivity contribution < 1.29 is 14.6 Å². The average Bonchev–Trinajstić information content (AvgIpc) is 2.39. The number of fused-ring (bicyclic) bond motifs is 1. The SMILES string of the molecule is CCOC(=O)c1ccc2c(CO)n[nH]c(=O)c2c1. The molecule has 1 aromatic heterocycles. The number of nitrogens with zero attached hydrogens (tertiary/aromatic N) is 1. The van der Waals surface area contributed by atoms with E-state index in [4.69, 9.17) is 9.84 Å². The van der Waals surface area contributed by atoms with Gasteiger partial charge in [-0.1, -0.05) is 6.07 Å². The second-order valence-electron chi connectivity index (χ2n) is 3.64. The lowest BCUT2D eigenvalue weighted by Gasteiger charge is -2.05. The second kappa shape index (κ2) is 4.97. The Hall–Kier alpha value is -2.21. The van der Waals surface area contributed by atoms with Gasteiger partial charge in [0.1, 0.15) is 0 Å². The summed E-state index contributed by atoms with van der Waals surface area (Å²) in [5.74, 6) is -0.485. The van der Waals surface area contributed by atoms with Gasteiger partial charge in [-0.25, -0.2) is 9.89 Å². The van der Waals surface area contributed by atoms with E-state index in [1.807, 2.05) is 0 Å². The molecule has 6 heteroatoms. The molecule has 0 fully saturated rings. The van der Waals surface area contributed by atoms with Gasteiger partial charge in [-0.3, -0.25) is 4.79 Å². The Morgan fingerprint density at radius 2 is 2.22 bits per heavy atom. The van der Waals surface area contributed by atoms with Crippen molar-refractivity contribution in [2.75, 3.05) is 6.61 Å². The van der Waals surface area contributed by atoms with E-state index in [1.165, 1.54) is 6.07 Å². The van der Waals surface area contributed by atoms with Crippen molar-refractivity contribution in [3.8, 4) is 0 Å². The van der Waals surface area contributed by atoms with Gasteiger partial charge >= 0.3 is 5.97 Å². The summed E-state index contributed by atoms with van der Waals surface area (Å²) < 4.78 is 4.86. The number of aromatic nitrogens is 2. The maximum absolute atomic E-state index is 11.6. The average molecular weight is 248 g/mol. The number of nitrogens with one attached hydrogen (secondary N) is 1. The summed E-state index contributed by atoms with van der Waals surface area (Å²) in [6, 6.07) is 4.56. The molecule has 2 N–H and O–H groups in total. The Balaban J connectivity index is 2.61. The minimum Gasteiger partial charge on any atom is -0.462 e. The van der Waals surface area contributed by atoms with Gasteiger partial charge in [0.2, 0.25) is 0 Å². The minimum atomic E-state index is -0.485. The summed E-state index contributed by atoms with van der Waals surface area (Å²) in [6.45, 7) is 1.69. The van der Waals surface area contributed by atoms with E-state index in [2.05, 4.69) is 10.2 Å². The molecule has 94 valence electrons. The highest BCUT2D eigenvalue weighted by Gasteiger charge is 2.11. The van der Waals surface area contributed by atoms with Crippen molar-refractivity contribution in [1.82, 2.24) is 10.2 Å². The molecule has 6 nitrogen and oxygen atoms in total. The minimum absolute atomic E-state index is 0.269. The van der Waals surface area contributed by atoms with Crippen LogP contribution >= 0.6 is 0 Å². The van der Waals surface area contributed by atoms with E-state index >= 15 is 0 Å². The fourth-order valence-electron chi connectivity index (χ4n) is 1.68. The summed E-state index contributed by atoms with van der Waals surface area (Å²) in [5.41, 5.74) is 0.248. The molecule has 0 aliphatic heterocycles. The molecule has 0 bridgehead atoms. The summed E-state index contributed by atoms with van der Waals surface area (Å²) >= 11 is 0. The number of carbonyl (C=O) groups is 1. The lowest BCUT2D eigenvalue weighted by atomic mass is 10.1. The summed E-state index contributed by atoms with van der Waals surface area (Å²) in [4.78, 5) is 23.2. The Kier molecular flexibility index (Phi) is 3.38. The fourth-order valence-corrected chi connectivity index (χ4v) is 1.68. The number of H-pyrrole nitrogens is 1. The molecule has 2 aromatic rings. The normalized spacial score (nSPS) is 10.6. The third-order valence-corrected chi connectivity index (χ3v) is 2.53. The van der Waals surface area contributed by atoms with Crippen molar-refractivity contribution in [3.63, 3.8) is 0 Å². The van der Waals surface area contributed by atoms with Crippen LogP contribution in [0.15, 0.2) is 23.0 Å². The van der Waals surface area contributed by atoms with Crippen molar-refractivity contribution >= 4 is 16.7 Å². The number of benzene rings is 1. The van der Waals surface area contributed by atoms with Gasteiger partial charge in [-0.2, -0.15) is 5.10 Å². The molecule has 0 radical (unpaired) electrons. The third kappa shape index (κ3) is 2.10. The number of hydrogen-bond acceptors (Lipinski definition) is 5. The molecule has 0 saturated carbocycles. The highest BCUT2D eigenvalue weighted by atomic mass is 16.5. The van der Waals surface area contributed by atoms with Gasteiger partial charge in [0.05, 0.1) is 29.9 Å². The largest absolute Gasteiger partial charge is 0.462 e. The van der Waals surface area contributed by atoms with Crippen LogP contribution in [0, 0.1) is 0 Å². The molecule has 2 rings (SSSR count). The van der Waals surface area contributed by atoms with E-state index in [9.17, 15) is 9.59 Å². The van der Waals surface area contributed by atoms with Crippen LogP contribution < -0.4 is 5.56 Å². The summed E-state index contributed by atoms with van der Waals surface area (Å²) in [6.07, 6.45) is 0. The number of aliphatic hydroxyl groups excluding tert-OH is 1.